The Bertz CT molecular complexity index is 721. The van der Waals surface area contributed by atoms with Gasteiger partial charge in [-0.3, -0.25) is 9.10 Å². The number of aryl methyl sites for hydroxylation is 1. The van der Waals surface area contributed by atoms with Crippen LogP contribution < -0.4 is 9.62 Å². The fraction of sp³-hybridized carbons (Fsp3) is 0.385. The van der Waals surface area contributed by atoms with Gasteiger partial charge in [-0.2, -0.15) is 0 Å². The number of hydrogen-bond acceptors (Lipinski definition) is 6. The SMILES string of the molecule is Cc1cc(N(CCC(=O)NCc2ccco2)S(C)(=O)=O)no1. The molecule has 2 rings (SSSR count). The van der Waals surface area contributed by atoms with Gasteiger partial charge in [-0.05, 0) is 19.1 Å². The largest absolute Gasteiger partial charge is 0.467 e. The minimum Gasteiger partial charge on any atom is -0.467 e. The van der Waals surface area contributed by atoms with Crippen molar-refractivity contribution in [2.24, 2.45) is 0 Å². The molecule has 0 aliphatic rings. The molecule has 0 bridgehead atoms. The molecule has 1 amide bonds. The lowest BCUT2D eigenvalue weighted by Gasteiger charge is -2.18. The molecule has 2 heterocycles. The summed E-state index contributed by atoms with van der Waals surface area (Å²) >= 11 is 0. The van der Waals surface area contributed by atoms with Gasteiger partial charge in [0, 0.05) is 19.0 Å². The van der Waals surface area contributed by atoms with E-state index in [9.17, 15) is 13.2 Å². The number of furan rings is 1. The van der Waals surface area contributed by atoms with E-state index in [1.165, 1.54) is 12.3 Å². The first kappa shape index (κ1) is 16.1. The minimum atomic E-state index is -3.55. The predicted molar refractivity (Wildman–Crippen MR) is 78.6 cm³/mol. The molecule has 0 saturated heterocycles. The van der Waals surface area contributed by atoms with E-state index < -0.39 is 10.0 Å². The lowest BCUT2D eigenvalue weighted by Crippen LogP contribution is -2.34. The quantitative estimate of drug-likeness (QED) is 0.815. The molecule has 2 aromatic rings. The predicted octanol–water partition coefficient (Wildman–Crippen LogP) is 1.05. The first-order valence-corrected chi connectivity index (χ1v) is 8.41. The van der Waals surface area contributed by atoms with E-state index in [0.29, 0.717) is 11.5 Å². The summed E-state index contributed by atoms with van der Waals surface area (Å²) in [6.45, 7) is 1.90. The zero-order chi connectivity index (χ0) is 16.2. The average molecular weight is 327 g/mol. The van der Waals surface area contributed by atoms with E-state index in [1.807, 2.05) is 0 Å². The van der Waals surface area contributed by atoms with Gasteiger partial charge in [0.05, 0.1) is 19.1 Å². The molecule has 9 heteroatoms. The lowest BCUT2D eigenvalue weighted by molar-refractivity contribution is -0.121. The molecule has 1 N–H and O–H groups in total. The third-order valence-electron chi connectivity index (χ3n) is 2.85. The Hall–Kier alpha value is -2.29. The maximum Gasteiger partial charge on any atom is 0.233 e. The van der Waals surface area contributed by atoms with Crippen molar-refractivity contribution in [3.63, 3.8) is 0 Å². The molecule has 0 aliphatic heterocycles. The molecule has 0 unspecified atom stereocenters. The summed E-state index contributed by atoms with van der Waals surface area (Å²) in [5.74, 6) is 0.996. The monoisotopic (exact) mass is 327 g/mol. The summed E-state index contributed by atoms with van der Waals surface area (Å²) in [5.41, 5.74) is 0. The van der Waals surface area contributed by atoms with Gasteiger partial charge in [-0.15, -0.1) is 0 Å². The summed E-state index contributed by atoms with van der Waals surface area (Å²) in [5, 5.41) is 6.32. The van der Waals surface area contributed by atoms with Gasteiger partial charge in [0.1, 0.15) is 11.5 Å². The van der Waals surface area contributed by atoms with Crippen molar-refractivity contribution >= 4 is 21.7 Å². The van der Waals surface area contributed by atoms with E-state index in [0.717, 1.165) is 10.6 Å². The molecule has 0 aliphatic carbocycles. The van der Waals surface area contributed by atoms with E-state index >= 15 is 0 Å². The van der Waals surface area contributed by atoms with Gasteiger partial charge in [0.15, 0.2) is 5.82 Å². The van der Waals surface area contributed by atoms with Crippen LogP contribution >= 0.6 is 0 Å². The first-order chi connectivity index (χ1) is 10.4. The van der Waals surface area contributed by atoms with Crippen molar-refractivity contribution in [1.82, 2.24) is 10.5 Å². The Kier molecular flexibility index (Phi) is 4.86. The maximum absolute atomic E-state index is 11.8. The van der Waals surface area contributed by atoms with Gasteiger partial charge < -0.3 is 14.3 Å². The minimum absolute atomic E-state index is 0.000311. The molecule has 2 aromatic heterocycles. The zero-order valence-corrected chi connectivity index (χ0v) is 13.1. The highest BCUT2D eigenvalue weighted by atomic mass is 32.2. The van der Waals surface area contributed by atoms with Gasteiger partial charge in [-0.1, -0.05) is 5.16 Å². The number of sulfonamides is 1. The van der Waals surface area contributed by atoms with Crippen LogP contribution in [-0.2, 0) is 21.4 Å². The number of anilines is 1. The Labute approximate surface area is 128 Å². The van der Waals surface area contributed by atoms with E-state index in [2.05, 4.69) is 10.5 Å². The molecular weight excluding hydrogens is 310 g/mol. The summed E-state index contributed by atoms with van der Waals surface area (Å²) in [6.07, 6.45) is 2.57. The second-order valence-electron chi connectivity index (χ2n) is 4.74. The summed E-state index contributed by atoms with van der Waals surface area (Å²) in [4.78, 5) is 11.8. The molecule has 0 spiro atoms. The third kappa shape index (κ3) is 4.35. The first-order valence-electron chi connectivity index (χ1n) is 6.56. The second-order valence-corrected chi connectivity index (χ2v) is 6.64. The summed E-state index contributed by atoms with van der Waals surface area (Å²) < 4.78 is 34.6. The van der Waals surface area contributed by atoms with Gasteiger partial charge in [-0.25, -0.2) is 8.42 Å². The molecule has 0 saturated carbocycles. The topological polar surface area (TPSA) is 106 Å². The van der Waals surface area contributed by atoms with Gasteiger partial charge in [0.2, 0.25) is 15.9 Å². The number of nitrogens with one attached hydrogen (secondary N) is 1. The van der Waals surface area contributed by atoms with Crippen LogP contribution in [0.25, 0.3) is 0 Å². The number of hydrogen-bond donors (Lipinski definition) is 1. The molecule has 0 atom stereocenters. The van der Waals surface area contributed by atoms with Gasteiger partial charge in [0.25, 0.3) is 0 Å². The van der Waals surface area contributed by atoms with Crippen molar-refractivity contribution in [2.45, 2.75) is 19.9 Å². The lowest BCUT2D eigenvalue weighted by atomic mass is 10.3. The highest BCUT2D eigenvalue weighted by Crippen LogP contribution is 2.17. The fourth-order valence-corrected chi connectivity index (χ4v) is 2.66. The number of amides is 1. The zero-order valence-electron chi connectivity index (χ0n) is 12.3. The van der Waals surface area contributed by atoms with E-state index in [-0.39, 0.29) is 31.2 Å². The Morgan fingerprint density at radius 3 is 2.77 bits per heavy atom. The van der Waals surface area contributed by atoms with Crippen LogP contribution in [0.3, 0.4) is 0 Å². The van der Waals surface area contributed by atoms with E-state index in [4.69, 9.17) is 8.94 Å². The van der Waals surface area contributed by atoms with Crippen molar-refractivity contribution in [1.29, 1.82) is 0 Å². The summed E-state index contributed by atoms with van der Waals surface area (Å²) in [7, 11) is -3.55. The molecular formula is C13H17N3O5S. The summed E-state index contributed by atoms with van der Waals surface area (Å²) in [6, 6.07) is 4.96. The average Bonchev–Trinajstić information content (AvgIpc) is 3.07. The van der Waals surface area contributed by atoms with Crippen molar-refractivity contribution < 1.29 is 22.2 Å². The van der Waals surface area contributed by atoms with Crippen LogP contribution in [0.4, 0.5) is 5.82 Å². The van der Waals surface area contributed by atoms with Crippen LogP contribution in [0.2, 0.25) is 0 Å². The third-order valence-corrected chi connectivity index (χ3v) is 4.02. The molecule has 0 aromatic carbocycles. The Morgan fingerprint density at radius 2 is 2.23 bits per heavy atom. The Balaban J connectivity index is 1.92. The van der Waals surface area contributed by atoms with Crippen LogP contribution in [0.1, 0.15) is 17.9 Å². The molecule has 8 nitrogen and oxygen atoms in total. The highest BCUT2D eigenvalue weighted by molar-refractivity contribution is 7.92. The molecule has 0 radical (unpaired) electrons. The number of aromatic nitrogens is 1. The Morgan fingerprint density at radius 1 is 1.45 bits per heavy atom. The van der Waals surface area contributed by atoms with Crippen LogP contribution in [0.15, 0.2) is 33.4 Å². The van der Waals surface area contributed by atoms with Crippen molar-refractivity contribution in [3.8, 4) is 0 Å². The van der Waals surface area contributed by atoms with Crippen molar-refractivity contribution in [2.75, 3.05) is 17.1 Å². The van der Waals surface area contributed by atoms with Crippen LogP contribution in [-0.4, -0.2) is 32.3 Å². The van der Waals surface area contributed by atoms with Crippen molar-refractivity contribution in [3.05, 3.63) is 36.0 Å². The maximum atomic E-state index is 11.8. The molecule has 22 heavy (non-hydrogen) atoms. The number of rotatable bonds is 7. The second kappa shape index (κ2) is 6.65. The van der Waals surface area contributed by atoms with Crippen LogP contribution in [0.5, 0.6) is 0 Å². The molecule has 120 valence electrons. The van der Waals surface area contributed by atoms with Gasteiger partial charge >= 0.3 is 0 Å². The number of nitrogens with zero attached hydrogens (tertiary/aromatic N) is 2. The number of carbonyl (C=O) groups is 1. The standard InChI is InChI=1S/C13H17N3O5S/c1-10-8-12(15-21-10)16(22(2,18)19)6-5-13(17)14-9-11-4-3-7-20-11/h3-4,7-8H,5-6,9H2,1-2H3,(H,14,17). The van der Waals surface area contributed by atoms with Crippen LogP contribution in [0, 0.1) is 6.92 Å². The number of carbonyl (C=O) groups excluding carboxylic acids is 1. The molecule has 0 fully saturated rings. The van der Waals surface area contributed by atoms with E-state index in [1.54, 1.807) is 19.1 Å². The highest BCUT2D eigenvalue weighted by Gasteiger charge is 2.21. The smallest absolute Gasteiger partial charge is 0.233 e. The normalized spacial score (nSPS) is 11.4. The fourth-order valence-electron chi connectivity index (χ4n) is 1.81.